The van der Waals surface area contributed by atoms with Crippen molar-refractivity contribution in [3.63, 3.8) is 0 Å². The van der Waals surface area contributed by atoms with Crippen LogP contribution in [0.2, 0.25) is 0 Å². The van der Waals surface area contributed by atoms with Crippen molar-refractivity contribution in [1.82, 2.24) is 10.2 Å². The van der Waals surface area contributed by atoms with Crippen molar-refractivity contribution in [2.24, 2.45) is 0 Å². The number of rotatable bonds is 7. The van der Waals surface area contributed by atoms with Gasteiger partial charge in [-0.2, -0.15) is 0 Å². The summed E-state index contributed by atoms with van der Waals surface area (Å²) in [6, 6.07) is 15.3. The number of hydrogen-bond donors (Lipinski definition) is 1. The molecule has 0 radical (unpaired) electrons. The number of hydrogen-bond acceptors (Lipinski definition) is 5. The Morgan fingerprint density at radius 2 is 1.69 bits per heavy atom. The van der Waals surface area contributed by atoms with E-state index in [1.165, 1.54) is 0 Å². The summed E-state index contributed by atoms with van der Waals surface area (Å²) in [5.74, 6) is 1.05. The topological polar surface area (TPSA) is 71.1 Å². The van der Waals surface area contributed by atoms with E-state index in [0.29, 0.717) is 18.8 Å². The minimum Gasteiger partial charge on any atom is -0.495 e. The van der Waals surface area contributed by atoms with Gasteiger partial charge in [0.15, 0.2) is 6.61 Å². The maximum Gasteiger partial charge on any atom is 0.258 e. The van der Waals surface area contributed by atoms with Gasteiger partial charge in [-0.25, -0.2) is 0 Å². The molecule has 1 aliphatic rings. The van der Waals surface area contributed by atoms with Gasteiger partial charge in [0, 0.05) is 26.2 Å². The number of carbonyl (C=O) groups excluding carboxylic acids is 2. The van der Waals surface area contributed by atoms with Gasteiger partial charge in [-0.1, -0.05) is 29.8 Å². The van der Waals surface area contributed by atoms with E-state index in [2.05, 4.69) is 10.2 Å². The predicted octanol–water partition coefficient (Wildman–Crippen LogP) is 1.85. The lowest BCUT2D eigenvalue weighted by Gasteiger charge is -2.36. The quantitative estimate of drug-likeness (QED) is 0.772. The summed E-state index contributed by atoms with van der Waals surface area (Å²) in [4.78, 5) is 28.3. The molecular formula is C22H27N3O4. The maximum atomic E-state index is 12.4. The van der Waals surface area contributed by atoms with Crippen molar-refractivity contribution in [2.45, 2.75) is 6.92 Å². The summed E-state index contributed by atoms with van der Waals surface area (Å²) in [6.07, 6.45) is 0. The fourth-order valence-electron chi connectivity index (χ4n) is 3.21. The van der Waals surface area contributed by atoms with E-state index >= 15 is 0 Å². The molecule has 1 saturated heterocycles. The number of amides is 2. The predicted molar refractivity (Wildman–Crippen MR) is 111 cm³/mol. The van der Waals surface area contributed by atoms with Crippen LogP contribution in [0.15, 0.2) is 48.5 Å². The van der Waals surface area contributed by atoms with Crippen LogP contribution in [0, 0.1) is 6.92 Å². The number of methoxy groups -OCH3 is 1. The first-order valence-corrected chi connectivity index (χ1v) is 9.68. The molecule has 0 atom stereocenters. The Hall–Kier alpha value is -3.22. The fraction of sp³-hybridized carbons (Fsp3) is 0.364. The lowest BCUT2D eigenvalue weighted by molar-refractivity contribution is -0.133. The molecule has 154 valence electrons. The van der Waals surface area contributed by atoms with Gasteiger partial charge in [0.05, 0.1) is 19.3 Å². The molecule has 0 spiro atoms. The first-order chi connectivity index (χ1) is 14.1. The van der Waals surface area contributed by atoms with Crippen LogP contribution >= 0.6 is 0 Å². The Kier molecular flexibility index (Phi) is 6.94. The van der Waals surface area contributed by atoms with Gasteiger partial charge in [-0.05, 0) is 31.2 Å². The number of carbonyl (C=O) groups is 2. The lowest BCUT2D eigenvalue weighted by Crippen LogP contribution is -2.51. The van der Waals surface area contributed by atoms with E-state index in [1.54, 1.807) is 12.0 Å². The smallest absolute Gasteiger partial charge is 0.258 e. The average molecular weight is 397 g/mol. The number of para-hydroxylation sites is 2. The molecule has 1 fully saturated rings. The Morgan fingerprint density at radius 1 is 1.00 bits per heavy atom. The van der Waals surface area contributed by atoms with Gasteiger partial charge in [-0.15, -0.1) is 0 Å². The highest BCUT2D eigenvalue weighted by molar-refractivity contribution is 5.85. The Labute approximate surface area is 171 Å². The number of anilines is 1. The maximum absolute atomic E-state index is 12.4. The zero-order chi connectivity index (χ0) is 20.6. The van der Waals surface area contributed by atoms with Gasteiger partial charge < -0.3 is 24.6 Å². The lowest BCUT2D eigenvalue weighted by atomic mass is 10.2. The molecule has 0 aliphatic carbocycles. The highest BCUT2D eigenvalue weighted by atomic mass is 16.5. The van der Waals surface area contributed by atoms with Gasteiger partial charge in [-0.3, -0.25) is 9.59 Å². The van der Waals surface area contributed by atoms with Crippen LogP contribution < -0.4 is 19.7 Å². The third-order valence-electron chi connectivity index (χ3n) is 4.89. The molecule has 1 N–H and O–H groups in total. The molecular weight excluding hydrogens is 370 g/mol. The Bertz CT molecular complexity index is 830. The molecule has 0 bridgehead atoms. The number of aryl methyl sites for hydroxylation is 1. The average Bonchev–Trinajstić information content (AvgIpc) is 2.77. The van der Waals surface area contributed by atoms with Crippen LogP contribution in [0.4, 0.5) is 5.69 Å². The first kappa shape index (κ1) is 20.5. The number of benzene rings is 2. The van der Waals surface area contributed by atoms with Crippen LogP contribution in [0.1, 0.15) is 5.56 Å². The van der Waals surface area contributed by atoms with Crippen molar-refractivity contribution in [1.29, 1.82) is 0 Å². The molecule has 7 heteroatoms. The van der Waals surface area contributed by atoms with Gasteiger partial charge in [0.1, 0.15) is 11.5 Å². The summed E-state index contributed by atoms with van der Waals surface area (Å²) in [6.45, 7) is 4.49. The molecule has 2 aromatic rings. The molecule has 2 amide bonds. The summed E-state index contributed by atoms with van der Waals surface area (Å²) in [5, 5.41) is 2.63. The molecule has 0 unspecified atom stereocenters. The van der Waals surface area contributed by atoms with Crippen molar-refractivity contribution in [3.05, 3.63) is 54.1 Å². The normalized spacial score (nSPS) is 13.7. The summed E-state index contributed by atoms with van der Waals surface area (Å²) >= 11 is 0. The number of ether oxygens (including phenoxy) is 2. The van der Waals surface area contributed by atoms with Crippen molar-refractivity contribution in [3.8, 4) is 11.5 Å². The summed E-state index contributed by atoms with van der Waals surface area (Å²) in [7, 11) is 1.66. The van der Waals surface area contributed by atoms with E-state index in [1.807, 2.05) is 55.5 Å². The zero-order valence-electron chi connectivity index (χ0n) is 16.9. The molecule has 7 nitrogen and oxygen atoms in total. The largest absolute Gasteiger partial charge is 0.495 e. The van der Waals surface area contributed by atoms with Gasteiger partial charge in [0.25, 0.3) is 5.91 Å². The monoisotopic (exact) mass is 397 g/mol. The Balaban J connectivity index is 1.40. The van der Waals surface area contributed by atoms with Gasteiger partial charge >= 0.3 is 0 Å². The minimum atomic E-state index is -0.313. The standard InChI is InChI=1S/C22H27N3O4/c1-17-7-9-18(10-8-17)29-16-21(26)23-15-22(27)25-13-11-24(12-14-25)19-5-3-4-6-20(19)28-2/h3-10H,11-16H2,1-2H3,(H,23,26). The second-order valence-electron chi connectivity index (χ2n) is 6.92. The first-order valence-electron chi connectivity index (χ1n) is 9.68. The second kappa shape index (κ2) is 9.82. The van der Waals surface area contributed by atoms with Crippen molar-refractivity contribution >= 4 is 17.5 Å². The minimum absolute atomic E-state index is 0.0231. The number of nitrogens with one attached hydrogen (secondary N) is 1. The van der Waals surface area contributed by atoms with Crippen LogP contribution in [-0.4, -0.2) is 63.2 Å². The van der Waals surface area contributed by atoms with Crippen LogP contribution in [0.5, 0.6) is 11.5 Å². The molecule has 1 aliphatic heterocycles. The molecule has 0 aromatic heterocycles. The molecule has 1 heterocycles. The Morgan fingerprint density at radius 3 is 2.38 bits per heavy atom. The molecule has 2 aromatic carbocycles. The van der Waals surface area contributed by atoms with E-state index in [-0.39, 0.29) is 25.0 Å². The molecule has 3 rings (SSSR count). The summed E-state index contributed by atoms with van der Waals surface area (Å²) in [5.41, 5.74) is 2.15. The molecule has 0 saturated carbocycles. The third kappa shape index (κ3) is 5.63. The van der Waals surface area contributed by atoms with E-state index in [0.717, 1.165) is 30.1 Å². The van der Waals surface area contributed by atoms with Crippen LogP contribution in [-0.2, 0) is 9.59 Å². The third-order valence-corrected chi connectivity index (χ3v) is 4.89. The van der Waals surface area contributed by atoms with E-state index in [4.69, 9.17) is 9.47 Å². The van der Waals surface area contributed by atoms with E-state index < -0.39 is 0 Å². The van der Waals surface area contributed by atoms with E-state index in [9.17, 15) is 9.59 Å². The van der Waals surface area contributed by atoms with Crippen LogP contribution in [0.3, 0.4) is 0 Å². The fourth-order valence-corrected chi connectivity index (χ4v) is 3.21. The molecule has 29 heavy (non-hydrogen) atoms. The highest BCUT2D eigenvalue weighted by Crippen LogP contribution is 2.28. The second-order valence-corrected chi connectivity index (χ2v) is 6.92. The van der Waals surface area contributed by atoms with Crippen molar-refractivity contribution in [2.75, 3.05) is 51.3 Å². The van der Waals surface area contributed by atoms with Crippen molar-refractivity contribution < 1.29 is 19.1 Å². The SMILES string of the molecule is COc1ccccc1N1CCN(C(=O)CNC(=O)COc2ccc(C)cc2)CC1. The summed E-state index contributed by atoms with van der Waals surface area (Å²) < 4.78 is 10.8. The number of nitrogens with zero attached hydrogens (tertiary/aromatic N) is 2. The highest BCUT2D eigenvalue weighted by Gasteiger charge is 2.23. The zero-order valence-corrected chi connectivity index (χ0v) is 16.9. The number of piperazine rings is 1. The van der Waals surface area contributed by atoms with Gasteiger partial charge in [0.2, 0.25) is 5.91 Å². The van der Waals surface area contributed by atoms with Crippen LogP contribution in [0.25, 0.3) is 0 Å².